The van der Waals surface area contributed by atoms with Crippen molar-refractivity contribution in [3.8, 4) is 11.1 Å². The Bertz CT molecular complexity index is 750. The molecule has 0 amide bonds. The van der Waals surface area contributed by atoms with E-state index in [0.29, 0.717) is 36.0 Å². The van der Waals surface area contributed by atoms with Crippen LogP contribution in [0.25, 0.3) is 11.1 Å². The second kappa shape index (κ2) is 6.34. The molecule has 0 radical (unpaired) electrons. The Kier molecular flexibility index (Phi) is 4.42. The van der Waals surface area contributed by atoms with Crippen LogP contribution in [0.4, 0.5) is 17.6 Å². The summed E-state index contributed by atoms with van der Waals surface area (Å²) in [7, 11) is 0. The molecule has 0 unspecified atom stereocenters. The molecule has 0 N–H and O–H groups in total. The van der Waals surface area contributed by atoms with Crippen molar-refractivity contribution in [3.05, 3.63) is 58.2 Å². The molecule has 0 aliphatic heterocycles. The van der Waals surface area contributed by atoms with E-state index >= 15 is 0 Å². The fourth-order valence-electron chi connectivity index (χ4n) is 3.29. The average Bonchev–Trinajstić information content (AvgIpc) is 2.55. The van der Waals surface area contributed by atoms with E-state index in [1.54, 1.807) is 6.07 Å². The van der Waals surface area contributed by atoms with E-state index in [1.807, 2.05) is 6.92 Å². The normalized spacial score (nSPS) is 12.9. The summed E-state index contributed by atoms with van der Waals surface area (Å²) in [6.07, 6.45) is 4.19. The molecule has 1 aliphatic carbocycles. The van der Waals surface area contributed by atoms with E-state index in [9.17, 15) is 17.6 Å². The van der Waals surface area contributed by atoms with E-state index in [1.165, 1.54) is 6.07 Å². The number of hydrogen-bond acceptors (Lipinski definition) is 0. The fourth-order valence-corrected chi connectivity index (χ4v) is 3.29. The molecular weight excluding hydrogens is 304 g/mol. The maximum Gasteiger partial charge on any atom is 0.167 e. The predicted octanol–water partition coefficient (Wildman–Crippen LogP) is 5.74. The van der Waals surface area contributed by atoms with Gasteiger partial charge >= 0.3 is 0 Å². The van der Waals surface area contributed by atoms with Crippen LogP contribution in [0.1, 0.15) is 42.9 Å². The number of unbranched alkanes of at least 4 members (excludes halogenated alkanes) is 2. The molecule has 0 aromatic heterocycles. The van der Waals surface area contributed by atoms with Crippen LogP contribution < -0.4 is 0 Å². The van der Waals surface area contributed by atoms with Crippen LogP contribution in [0, 0.1) is 23.3 Å². The molecular formula is C19H18F4. The van der Waals surface area contributed by atoms with Gasteiger partial charge in [0, 0.05) is 11.1 Å². The highest BCUT2D eigenvalue weighted by Gasteiger charge is 2.28. The lowest BCUT2D eigenvalue weighted by Gasteiger charge is -2.22. The lowest BCUT2D eigenvalue weighted by atomic mass is 9.83. The third kappa shape index (κ3) is 2.75. The van der Waals surface area contributed by atoms with Gasteiger partial charge in [0.15, 0.2) is 23.3 Å². The number of benzene rings is 2. The largest absolute Gasteiger partial charge is 0.204 e. The Morgan fingerprint density at radius 3 is 2.26 bits per heavy atom. The lowest BCUT2D eigenvalue weighted by Crippen LogP contribution is -2.12. The van der Waals surface area contributed by atoms with Crippen LogP contribution in [-0.4, -0.2) is 0 Å². The Morgan fingerprint density at radius 2 is 1.52 bits per heavy atom. The molecule has 2 aromatic rings. The van der Waals surface area contributed by atoms with Gasteiger partial charge in [-0.1, -0.05) is 31.9 Å². The molecule has 0 heterocycles. The van der Waals surface area contributed by atoms with Gasteiger partial charge in [-0.15, -0.1) is 0 Å². The molecule has 4 heteroatoms. The molecule has 0 atom stereocenters. The Balaban J connectivity index is 2.12. The first-order valence-electron chi connectivity index (χ1n) is 8.01. The highest BCUT2D eigenvalue weighted by Crippen LogP contribution is 2.40. The molecule has 3 rings (SSSR count). The summed E-state index contributed by atoms with van der Waals surface area (Å²) in [4.78, 5) is 0. The molecule has 0 saturated heterocycles. The molecule has 0 nitrogen and oxygen atoms in total. The van der Waals surface area contributed by atoms with Gasteiger partial charge in [-0.25, -0.2) is 17.6 Å². The summed E-state index contributed by atoms with van der Waals surface area (Å²) in [6, 6.07) is 4.10. The second-order valence-electron chi connectivity index (χ2n) is 6.05. The number of rotatable bonds is 4. The molecule has 2 aromatic carbocycles. The molecule has 1 aliphatic rings. The van der Waals surface area contributed by atoms with E-state index in [2.05, 4.69) is 0 Å². The SMILES string of the molecule is CCCCCc1cc2c(c(F)c1F)-c1c(ccc(F)c1F)CC2. The van der Waals surface area contributed by atoms with Gasteiger partial charge in [0.2, 0.25) is 0 Å². The van der Waals surface area contributed by atoms with Crippen molar-refractivity contribution in [2.45, 2.75) is 45.4 Å². The van der Waals surface area contributed by atoms with Crippen LogP contribution in [0.3, 0.4) is 0 Å². The van der Waals surface area contributed by atoms with Crippen LogP contribution in [0.5, 0.6) is 0 Å². The Labute approximate surface area is 133 Å². The first-order valence-corrected chi connectivity index (χ1v) is 8.01. The van der Waals surface area contributed by atoms with Crippen molar-refractivity contribution < 1.29 is 17.6 Å². The van der Waals surface area contributed by atoms with Gasteiger partial charge in [-0.3, -0.25) is 0 Å². The number of aryl methyl sites for hydroxylation is 3. The zero-order chi connectivity index (χ0) is 16.6. The van der Waals surface area contributed by atoms with Gasteiger partial charge in [0.1, 0.15) is 0 Å². The number of fused-ring (bicyclic) bond motifs is 3. The lowest BCUT2D eigenvalue weighted by molar-refractivity contribution is 0.489. The van der Waals surface area contributed by atoms with E-state index < -0.39 is 23.3 Å². The number of halogens is 4. The highest BCUT2D eigenvalue weighted by atomic mass is 19.2. The van der Waals surface area contributed by atoms with Crippen LogP contribution in [0.2, 0.25) is 0 Å². The minimum atomic E-state index is -1.10. The monoisotopic (exact) mass is 322 g/mol. The quantitative estimate of drug-likeness (QED) is 0.497. The van der Waals surface area contributed by atoms with Gasteiger partial charge in [-0.05, 0) is 48.4 Å². The minimum absolute atomic E-state index is 0.111. The zero-order valence-corrected chi connectivity index (χ0v) is 13.0. The smallest absolute Gasteiger partial charge is 0.167 e. The summed E-state index contributed by atoms with van der Waals surface area (Å²) in [5.41, 5.74) is 1.18. The summed E-state index contributed by atoms with van der Waals surface area (Å²) in [5.74, 6) is -4.13. The van der Waals surface area contributed by atoms with Crippen LogP contribution in [0.15, 0.2) is 18.2 Å². The van der Waals surface area contributed by atoms with Crippen LogP contribution in [-0.2, 0) is 19.3 Å². The first-order chi connectivity index (χ1) is 11.0. The maximum atomic E-state index is 14.6. The molecule has 0 spiro atoms. The summed E-state index contributed by atoms with van der Waals surface area (Å²) >= 11 is 0. The summed E-state index contributed by atoms with van der Waals surface area (Å²) < 4.78 is 56.6. The topological polar surface area (TPSA) is 0 Å². The highest BCUT2D eigenvalue weighted by molar-refractivity contribution is 5.75. The van der Waals surface area contributed by atoms with Gasteiger partial charge in [0.05, 0.1) is 0 Å². The van der Waals surface area contributed by atoms with Crippen molar-refractivity contribution >= 4 is 0 Å². The average molecular weight is 322 g/mol. The second-order valence-corrected chi connectivity index (χ2v) is 6.05. The van der Waals surface area contributed by atoms with Crippen molar-refractivity contribution in [1.82, 2.24) is 0 Å². The van der Waals surface area contributed by atoms with Crippen molar-refractivity contribution in [1.29, 1.82) is 0 Å². The van der Waals surface area contributed by atoms with Gasteiger partial charge in [0.25, 0.3) is 0 Å². The molecule has 0 saturated carbocycles. The number of hydrogen-bond donors (Lipinski definition) is 0. The maximum absolute atomic E-state index is 14.6. The molecule has 23 heavy (non-hydrogen) atoms. The van der Waals surface area contributed by atoms with Crippen molar-refractivity contribution in [2.24, 2.45) is 0 Å². The van der Waals surface area contributed by atoms with Crippen molar-refractivity contribution in [2.75, 3.05) is 0 Å². The predicted molar refractivity (Wildman–Crippen MR) is 82.3 cm³/mol. The Morgan fingerprint density at radius 1 is 0.826 bits per heavy atom. The fraction of sp³-hybridized carbons (Fsp3) is 0.368. The summed E-state index contributed by atoms with van der Waals surface area (Å²) in [6.45, 7) is 2.04. The van der Waals surface area contributed by atoms with E-state index in [0.717, 1.165) is 25.3 Å². The van der Waals surface area contributed by atoms with Gasteiger partial charge in [-0.2, -0.15) is 0 Å². The third-order valence-corrected chi connectivity index (χ3v) is 4.51. The third-order valence-electron chi connectivity index (χ3n) is 4.51. The standard InChI is InChI=1S/C19H18F4/c1-2-3-4-5-13-10-12-7-6-11-8-9-14(20)18(22)15(11)16(12)19(23)17(13)21/h8-10H,2-7H2,1H3. The first kappa shape index (κ1) is 16.0. The summed E-state index contributed by atoms with van der Waals surface area (Å²) in [5, 5.41) is 0. The molecule has 0 bridgehead atoms. The van der Waals surface area contributed by atoms with Gasteiger partial charge < -0.3 is 0 Å². The van der Waals surface area contributed by atoms with Crippen molar-refractivity contribution in [3.63, 3.8) is 0 Å². The van der Waals surface area contributed by atoms with E-state index in [4.69, 9.17) is 0 Å². The minimum Gasteiger partial charge on any atom is -0.204 e. The Hall–Kier alpha value is -1.84. The van der Waals surface area contributed by atoms with Crippen LogP contribution >= 0.6 is 0 Å². The zero-order valence-electron chi connectivity index (χ0n) is 13.0. The molecule has 122 valence electrons. The van der Waals surface area contributed by atoms with E-state index in [-0.39, 0.29) is 11.1 Å². The molecule has 0 fully saturated rings.